The molecule has 1 aromatic rings. The normalized spacial score (nSPS) is 11.3. The number of carbonyl (C=O) groups is 3. The van der Waals surface area contributed by atoms with E-state index in [-0.39, 0.29) is 31.6 Å². The first-order chi connectivity index (χ1) is 12.3. The summed E-state index contributed by atoms with van der Waals surface area (Å²) in [6.45, 7) is 1.85. The van der Waals surface area contributed by atoms with Gasteiger partial charge in [-0.3, -0.25) is 24.5 Å². The van der Waals surface area contributed by atoms with E-state index in [1.54, 1.807) is 6.92 Å². The summed E-state index contributed by atoms with van der Waals surface area (Å²) in [6, 6.07) is 2.80. The first-order valence-corrected chi connectivity index (χ1v) is 7.84. The van der Waals surface area contributed by atoms with Gasteiger partial charge < -0.3 is 20.5 Å². The van der Waals surface area contributed by atoms with E-state index in [1.165, 1.54) is 25.3 Å². The topological polar surface area (TPSA) is 151 Å². The van der Waals surface area contributed by atoms with Gasteiger partial charge >= 0.3 is 5.97 Å². The average Bonchev–Trinajstić information content (AvgIpc) is 2.59. The van der Waals surface area contributed by atoms with E-state index < -0.39 is 28.7 Å². The van der Waals surface area contributed by atoms with Crippen LogP contribution in [0.5, 0.6) is 5.75 Å². The van der Waals surface area contributed by atoms with Crippen molar-refractivity contribution in [3.05, 3.63) is 33.9 Å². The summed E-state index contributed by atoms with van der Waals surface area (Å²) in [4.78, 5) is 45.2. The number of nitro benzene ring substituents is 1. The van der Waals surface area contributed by atoms with Crippen LogP contribution in [0.1, 0.15) is 25.3 Å². The number of hydrogen-bond acceptors (Lipinski definition) is 7. The number of non-ortho nitro benzene ring substituents is 1. The molecule has 0 radical (unpaired) electrons. The Kier molecular flexibility index (Phi) is 8.00. The third-order valence-electron chi connectivity index (χ3n) is 3.44. The molecule has 1 atom stereocenters. The summed E-state index contributed by atoms with van der Waals surface area (Å²) in [5, 5.41) is 13.3. The molecule has 0 fully saturated rings. The van der Waals surface area contributed by atoms with Gasteiger partial charge in [-0.05, 0) is 13.0 Å². The predicted octanol–water partition coefficient (Wildman–Crippen LogP) is 0.459. The van der Waals surface area contributed by atoms with Gasteiger partial charge in [0, 0.05) is 30.5 Å². The highest BCUT2D eigenvalue weighted by Gasteiger charge is 2.22. The number of carbonyl (C=O) groups excluding carboxylic acids is 3. The fourth-order valence-electron chi connectivity index (χ4n) is 2.20. The molecule has 10 nitrogen and oxygen atoms in total. The number of hydrogen-bond donors (Lipinski definition) is 2. The quantitative estimate of drug-likeness (QED) is 0.346. The zero-order chi connectivity index (χ0) is 19.7. The van der Waals surface area contributed by atoms with Crippen LogP contribution in [0.3, 0.4) is 0 Å². The van der Waals surface area contributed by atoms with Crippen molar-refractivity contribution >= 4 is 23.5 Å². The fourth-order valence-corrected chi connectivity index (χ4v) is 2.20. The molecule has 0 aliphatic heterocycles. The Morgan fingerprint density at radius 2 is 2.00 bits per heavy atom. The summed E-state index contributed by atoms with van der Waals surface area (Å²) in [5.74, 6) is -1.59. The summed E-state index contributed by atoms with van der Waals surface area (Å²) < 4.78 is 9.84. The minimum atomic E-state index is -1.11. The van der Waals surface area contributed by atoms with Crippen LogP contribution in [0, 0.1) is 10.1 Å². The lowest BCUT2D eigenvalue weighted by atomic mass is 10.0. The molecule has 26 heavy (non-hydrogen) atoms. The second kappa shape index (κ2) is 9.97. The van der Waals surface area contributed by atoms with Gasteiger partial charge in [0.2, 0.25) is 11.8 Å². The lowest BCUT2D eigenvalue weighted by Crippen LogP contribution is -2.46. The number of nitrogens with zero attached hydrogens (tertiary/aromatic N) is 1. The number of methoxy groups -OCH3 is 1. The van der Waals surface area contributed by atoms with Crippen molar-refractivity contribution in [2.24, 2.45) is 5.73 Å². The first-order valence-electron chi connectivity index (χ1n) is 7.84. The zero-order valence-electron chi connectivity index (χ0n) is 14.5. The number of amides is 2. The van der Waals surface area contributed by atoms with E-state index in [4.69, 9.17) is 15.2 Å². The predicted molar refractivity (Wildman–Crippen MR) is 90.3 cm³/mol. The van der Waals surface area contributed by atoms with Crippen molar-refractivity contribution in [3.8, 4) is 5.75 Å². The zero-order valence-corrected chi connectivity index (χ0v) is 14.5. The lowest BCUT2D eigenvalue weighted by Gasteiger charge is -2.17. The number of primary amides is 1. The van der Waals surface area contributed by atoms with Gasteiger partial charge in [-0.1, -0.05) is 0 Å². The van der Waals surface area contributed by atoms with Crippen LogP contribution in [-0.2, 0) is 25.5 Å². The molecule has 142 valence electrons. The Labute approximate surface area is 149 Å². The molecule has 3 N–H and O–H groups in total. The van der Waals surface area contributed by atoms with E-state index in [9.17, 15) is 24.5 Å². The van der Waals surface area contributed by atoms with Crippen molar-refractivity contribution in [1.29, 1.82) is 0 Å². The van der Waals surface area contributed by atoms with Gasteiger partial charge in [-0.2, -0.15) is 0 Å². The van der Waals surface area contributed by atoms with E-state index in [0.717, 1.165) is 0 Å². The van der Waals surface area contributed by atoms with E-state index in [1.807, 2.05) is 0 Å². The van der Waals surface area contributed by atoms with Crippen molar-refractivity contribution in [2.75, 3.05) is 13.7 Å². The summed E-state index contributed by atoms with van der Waals surface area (Å²) in [7, 11) is 1.38. The molecular weight excluding hydrogens is 346 g/mol. The van der Waals surface area contributed by atoms with Crippen LogP contribution < -0.4 is 15.8 Å². The summed E-state index contributed by atoms with van der Waals surface area (Å²) in [5.41, 5.74) is 5.47. The van der Waals surface area contributed by atoms with E-state index >= 15 is 0 Å². The number of nitrogens with one attached hydrogen (secondary N) is 1. The molecule has 0 aromatic heterocycles. The molecule has 1 aromatic carbocycles. The number of benzene rings is 1. The molecule has 0 heterocycles. The third kappa shape index (κ3) is 6.38. The van der Waals surface area contributed by atoms with Crippen molar-refractivity contribution < 1.29 is 28.8 Å². The molecule has 0 spiro atoms. The SMILES string of the molecule is CCOC(=O)CCC(=O)N[C@H](Cc1cc([N+](=O)[O-])ccc1OC)C(N)=O. The van der Waals surface area contributed by atoms with Crippen LogP contribution in [0.2, 0.25) is 0 Å². The van der Waals surface area contributed by atoms with Crippen LogP contribution in [0.25, 0.3) is 0 Å². The summed E-state index contributed by atoms with van der Waals surface area (Å²) in [6.07, 6.45) is -0.398. The Morgan fingerprint density at radius 1 is 1.31 bits per heavy atom. The fraction of sp³-hybridized carbons (Fsp3) is 0.438. The highest BCUT2D eigenvalue weighted by atomic mass is 16.6. The molecule has 0 bridgehead atoms. The monoisotopic (exact) mass is 367 g/mol. The first kappa shape index (κ1) is 20.9. The van der Waals surface area contributed by atoms with E-state index in [2.05, 4.69) is 5.32 Å². The largest absolute Gasteiger partial charge is 0.496 e. The van der Waals surface area contributed by atoms with Gasteiger partial charge in [-0.25, -0.2) is 0 Å². The summed E-state index contributed by atoms with van der Waals surface area (Å²) >= 11 is 0. The molecule has 2 amide bonds. The van der Waals surface area contributed by atoms with Crippen LogP contribution in [-0.4, -0.2) is 42.5 Å². The standard InChI is InChI=1S/C16H21N3O7/c1-3-26-15(21)7-6-14(20)18-12(16(17)22)9-10-8-11(19(23)24)4-5-13(10)25-2/h4-5,8,12H,3,6-7,9H2,1-2H3,(H2,17,22)(H,18,20)/t12-/m1/s1. The van der Waals surface area contributed by atoms with E-state index in [0.29, 0.717) is 11.3 Å². The van der Waals surface area contributed by atoms with Gasteiger partial charge in [0.1, 0.15) is 11.8 Å². The van der Waals surface area contributed by atoms with Crippen LogP contribution in [0.15, 0.2) is 18.2 Å². The lowest BCUT2D eigenvalue weighted by molar-refractivity contribution is -0.384. The minimum Gasteiger partial charge on any atom is -0.496 e. The van der Waals surface area contributed by atoms with Gasteiger partial charge in [0.25, 0.3) is 5.69 Å². The molecule has 0 saturated heterocycles. The second-order valence-electron chi connectivity index (χ2n) is 5.28. The Hall–Kier alpha value is -3.17. The number of nitrogens with two attached hydrogens (primary N) is 1. The molecular formula is C16H21N3O7. The van der Waals surface area contributed by atoms with Crippen LogP contribution in [0.4, 0.5) is 5.69 Å². The highest BCUT2D eigenvalue weighted by molar-refractivity contribution is 5.88. The number of esters is 1. The average molecular weight is 367 g/mol. The molecule has 0 unspecified atom stereocenters. The second-order valence-corrected chi connectivity index (χ2v) is 5.28. The van der Waals surface area contributed by atoms with Crippen molar-refractivity contribution in [2.45, 2.75) is 32.2 Å². The minimum absolute atomic E-state index is 0.0919. The molecule has 1 rings (SSSR count). The Bertz CT molecular complexity index is 690. The molecule has 0 aliphatic rings. The van der Waals surface area contributed by atoms with Crippen molar-refractivity contribution in [1.82, 2.24) is 5.32 Å². The maximum atomic E-state index is 11.9. The highest BCUT2D eigenvalue weighted by Crippen LogP contribution is 2.25. The molecule has 0 aliphatic carbocycles. The van der Waals surface area contributed by atoms with Gasteiger partial charge in [0.05, 0.1) is 25.1 Å². The smallest absolute Gasteiger partial charge is 0.306 e. The van der Waals surface area contributed by atoms with Crippen molar-refractivity contribution in [3.63, 3.8) is 0 Å². The molecule has 0 saturated carbocycles. The number of nitro groups is 1. The van der Waals surface area contributed by atoms with Gasteiger partial charge in [-0.15, -0.1) is 0 Å². The number of ether oxygens (including phenoxy) is 2. The molecule has 10 heteroatoms. The third-order valence-corrected chi connectivity index (χ3v) is 3.44. The number of rotatable bonds is 10. The van der Waals surface area contributed by atoms with Crippen LogP contribution >= 0.6 is 0 Å². The van der Waals surface area contributed by atoms with Gasteiger partial charge in [0.15, 0.2) is 0 Å². The Balaban J connectivity index is 2.84. The maximum Gasteiger partial charge on any atom is 0.306 e. The Morgan fingerprint density at radius 3 is 2.54 bits per heavy atom. The maximum absolute atomic E-state index is 11.9.